The third kappa shape index (κ3) is 4.12. The van der Waals surface area contributed by atoms with Gasteiger partial charge < -0.3 is 15.5 Å². The Morgan fingerprint density at radius 2 is 2.05 bits per heavy atom. The predicted molar refractivity (Wildman–Crippen MR) is 74.3 cm³/mol. The Balaban J connectivity index is 1.97. The Kier molecular flexibility index (Phi) is 4.58. The first kappa shape index (κ1) is 16.1. The molecule has 0 aliphatic carbocycles. The van der Waals surface area contributed by atoms with E-state index in [9.17, 15) is 22.8 Å². The molecule has 0 bridgehead atoms. The molecular formula is C14H16F3N3O2. The molecule has 120 valence electrons. The zero-order valence-corrected chi connectivity index (χ0v) is 11.9. The predicted octanol–water partition coefficient (Wildman–Crippen LogP) is 2.45. The van der Waals surface area contributed by atoms with Gasteiger partial charge in [-0.1, -0.05) is 6.07 Å². The summed E-state index contributed by atoms with van der Waals surface area (Å²) in [4.78, 5) is 24.4. The fourth-order valence-electron chi connectivity index (χ4n) is 2.33. The molecule has 0 saturated carbocycles. The van der Waals surface area contributed by atoms with Crippen LogP contribution in [0.25, 0.3) is 0 Å². The van der Waals surface area contributed by atoms with Crippen LogP contribution in [0.3, 0.4) is 0 Å². The molecular weight excluding hydrogens is 299 g/mol. The van der Waals surface area contributed by atoms with E-state index in [1.54, 1.807) is 0 Å². The van der Waals surface area contributed by atoms with Crippen LogP contribution in [-0.4, -0.2) is 36.0 Å². The van der Waals surface area contributed by atoms with Gasteiger partial charge in [0.05, 0.1) is 5.56 Å². The van der Waals surface area contributed by atoms with E-state index in [0.29, 0.717) is 19.5 Å². The molecule has 1 fully saturated rings. The van der Waals surface area contributed by atoms with E-state index in [4.69, 9.17) is 0 Å². The molecule has 1 atom stereocenters. The number of hydrogen-bond donors (Lipinski definition) is 2. The van der Waals surface area contributed by atoms with Gasteiger partial charge >= 0.3 is 12.2 Å². The van der Waals surface area contributed by atoms with Gasteiger partial charge in [-0.05, 0) is 24.6 Å². The van der Waals surface area contributed by atoms with Crippen LogP contribution in [0.2, 0.25) is 0 Å². The maximum absolute atomic E-state index is 12.6. The van der Waals surface area contributed by atoms with Crippen LogP contribution < -0.4 is 10.6 Å². The lowest BCUT2D eigenvalue weighted by Crippen LogP contribution is -2.38. The van der Waals surface area contributed by atoms with Crippen molar-refractivity contribution in [2.24, 2.45) is 0 Å². The molecule has 1 heterocycles. The fraction of sp³-hybridized carbons (Fsp3) is 0.429. The highest BCUT2D eigenvalue weighted by Crippen LogP contribution is 2.30. The summed E-state index contributed by atoms with van der Waals surface area (Å²) < 4.78 is 37.8. The molecule has 8 heteroatoms. The maximum Gasteiger partial charge on any atom is 0.416 e. The number of likely N-dealkylation sites (tertiary alicyclic amines) is 1. The van der Waals surface area contributed by atoms with Crippen molar-refractivity contribution in [2.75, 3.05) is 18.4 Å². The minimum atomic E-state index is -4.45. The van der Waals surface area contributed by atoms with E-state index in [1.807, 2.05) is 0 Å². The van der Waals surface area contributed by atoms with E-state index < -0.39 is 17.8 Å². The van der Waals surface area contributed by atoms with Crippen molar-refractivity contribution in [3.63, 3.8) is 0 Å². The Morgan fingerprint density at radius 1 is 1.32 bits per heavy atom. The van der Waals surface area contributed by atoms with E-state index in [-0.39, 0.29) is 17.6 Å². The van der Waals surface area contributed by atoms with Crippen LogP contribution in [-0.2, 0) is 11.0 Å². The highest BCUT2D eigenvalue weighted by Gasteiger charge is 2.31. The van der Waals surface area contributed by atoms with Gasteiger partial charge in [-0.3, -0.25) is 4.79 Å². The zero-order valence-electron chi connectivity index (χ0n) is 11.9. The summed E-state index contributed by atoms with van der Waals surface area (Å²) in [7, 11) is 0. The van der Waals surface area contributed by atoms with Gasteiger partial charge in [-0.25, -0.2) is 4.79 Å². The number of alkyl halides is 3. The average Bonchev–Trinajstić information content (AvgIpc) is 2.86. The lowest BCUT2D eigenvalue weighted by molar-refractivity contribution is -0.137. The molecule has 0 radical (unpaired) electrons. The maximum atomic E-state index is 12.6. The molecule has 0 aromatic heterocycles. The molecule has 1 aromatic carbocycles. The van der Waals surface area contributed by atoms with Gasteiger partial charge in [0.1, 0.15) is 0 Å². The number of urea groups is 1. The third-order valence-corrected chi connectivity index (χ3v) is 3.32. The standard InChI is InChI=1S/C14H16F3N3O2/c1-9(21)18-12-5-6-20(8-12)13(22)19-11-4-2-3-10(7-11)14(15,16)17/h2-4,7,12H,5-6,8H2,1H3,(H,18,21)(H,19,22)/t12-/m1/s1. The summed E-state index contributed by atoms with van der Waals surface area (Å²) in [6.45, 7) is 2.17. The monoisotopic (exact) mass is 315 g/mol. The number of carbonyl (C=O) groups excluding carboxylic acids is 2. The Bertz CT molecular complexity index is 575. The van der Waals surface area contributed by atoms with Crippen molar-refractivity contribution < 1.29 is 22.8 Å². The molecule has 1 saturated heterocycles. The SMILES string of the molecule is CC(=O)N[C@@H]1CCN(C(=O)Nc2cccc(C(F)(F)F)c2)C1. The van der Waals surface area contributed by atoms with Crippen LogP contribution >= 0.6 is 0 Å². The second-order valence-electron chi connectivity index (χ2n) is 5.14. The Morgan fingerprint density at radius 3 is 2.68 bits per heavy atom. The van der Waals surface area contributed by atoms with Crippen molar-refractivity contribution in [2.45, 2.75) is 25.6 Å². The van der Waals surface area contributed by atoms with Crippen molar-refractivity contribution in [3.8, 4) is 0 Å². The molecule has 5 nitrogen and oxygen atoms in total. The van der Waals surface area contributed by atoms with Gasteiger partial charge in [0.2, 0.25) is 5.91 Å². The van der Waals surface area contributed by atoms with Gasteiger partial charge in [-0.2, -0.15) is 13.2 Å². The number of carbonyl (C=O) groups is 2. The topological polar surface area (TPSA) is 61.4 Å². The lowest BCUT2D eigenvalue weighted by Gasteiger charge is -2.18. The highest BCUT2D eigenvalue weighted by atomic mass is 19.4. The average molecular weight is 315 g/mol. The van der Waals surface area contributed by atoms with Crippen LogP contribution in [0, 0.1) is 0 Å². The number of nitrogens with zero attached hydrogens (tertiary/aromatic N) is 1. The number of halogens is 3. The van der Waals surface area contributed by atoms with Crippen LogP contribution in [0.1, 0.15) is 18.9 Å². The molecule has 22 heavy (non-hydrogen) atoms. The first-order chi connectivity index (χ1) is 10.3. The number of amides is 3. The Hall–Kier alpha value is -2.25. The van der Waals surface area contributed by atoms with Crippen molar-refractivity contribution in [1.82, 2.24) is 10.2 Å². The number of rotatable bonds is 2. The second-order valence-corrected chi connectivity index (χ2v) is 5.14. The molecule has 1 aliphatic rings. The number of benzene rings is 1. The molecule has 1 aromatic rings. The molecule has 3 amide bonds. The summed E-state index contributed by atoms with van der Waals surface area (Å²) in [6, 6.07) is 3.87. The van der Waals surface area contributed by atoms with Crippen LogP contribution in [0.5, 0.6) is 0 Å². The smallest absolute Gasteiger partial charge is 0.352 e. The van der Waals surface area contributed by atoms with Crippen LogP contribution in [0.15, 0.2) is 24.3 Å². The number of anilines is 1. The summed E-state index contributed by atoms with van der Waals surface area (Å²) in [5, 5.41) is 5.15. The molecule has 0 unspecified atom stereocenters. The lowest BCUT2D eigenvalue weighted by atomic mass is 10.2. The van der Waals surface area contributed by atoms with E-state index >= 15 is 0 Å². The fourth-order valence-corrected chi connectivity index (χ4v) is 2.33. The van der Waals surface area contributed by atoms with E-state index in [0.717, 1.165) is 12.1 Å². The summed E-state index contributed by atoms with van der Waals surface area (Å²) in [6.07, 6.45) is -3.83. The molecule has 2 rings (SSSR count). The van der Waals surface area contributed by atoms with Gasteiger partial charge in [0, 0.05) is 31.7 Å². The summed E-state index contributed by atoms with van der Waals surface area (Å²) >= 11 is 0. The molecule has 2 N–H and O–H groups in total. The van der Waals surface area contributed by atoms with E-state index in [2.05, 4.69) is 10.6 Å². The van der Waals surface area contributed by atoms with E-state index in [1.165, 1.54) is 24.0 Å². The number of nitrogens with one attached hydrogen (secondary N) is 2. The third-order valence-electron chi connectivity index (χ3n) is 3.32. The second kappa shape index (κ2) is 6.25. The Labute approximate surface area is 125 Å². The quantitative estimate of drug-likeness (QED) is 0.880. The van der Waals surface area contributed by atoms with Crippen LogP contribution in [0.4, 0.5) is 23.7 Å². The minimum Gasteiger partial charge on any atom is -0.352 e. The van der Waals surface area contributed by atoms with Crippen molar-refractivity contribution in [1.29, 1.82) is 0 Å². The zero-order chi connectivity index (χ0) is 16.3. The number of hydrogen-bond acceptors (Lipinski definition) is 2. The van der Waals surface area contributed by atoms with Crippen molar-refractivity contribution >= 4 is 17.6 Å². The largest absolute Gasteiger partial charge is 0.416 e. The van der Waals surface area contributed by atoms with Gasteiger partial charge in [-0.15, -0.1) is 0 Å². The summed E-state index contributed by atoms with van der Waals surface area (Å²) in [5.41, 5.74) is -0.731. The summed E-state index contributed by atoms with van der Waals surface area (Å²) in [5.74, 6) is -0.176. The first-order valence-corrected chi connectivity index (χ1v) is 6.76. The van der Waals surface area contributed by atoms with Gasteiger partial charge in [0.15, 0.2) is 0 Å². The van der Waals surface area contributed by atoms with Gasteiger partial charge in [0.25, 0.3) is 0 Å². The molecule has 0 spiro atoms. The van der Waals surface area contributed by atoms with Crippen molar-refractivity contribution in [3.05, 3.63) is 29.8 Å². The minimum absolute atomic E-state index is 0.0859. The molecule has 1 aliphatic heterocycles. The normalized spacial score (nSPS) is 18.2. The first-order valence-electron chi connectivity index (χ1n) is 6.76. The highest BCUT2D eigenvalue weighted by molar-refractivity contribution is 5.89.